The Morgan fingerprint density at radius 2 is 1.67 bits per heavy atom. The largest absolute Gasteiger partial charge is 0.350 e. The van der Waals surface area contributed by atoms with E-state index >= 15 is 0 Å². The number of rotatable bonds is 2. The van der Waals surface area contributed by atoms with Gasteiger partial charge >= 0.3 is 0 Å². The summed E-state index contributed by atoms with van der Waals surface area (Å²) in [5, 5.41) is 6.67. The fraction of sp³-hybridized carbons (Fsp3) is 0.167. The standard InChI is InChI=1S/C24H20ClN3O2/c1-14(2)15-10-12-16(13-11-15)28-22(29)17-6-3-4-9-20(17)27-24(28)18-7-5-8-19(25)21(18)26-23(24)30/h3-14,27H,1-2H3,(H,26,30)/t24-/m0/s1. The van der Waals surface area contributed by atoms with E-state index in [1.807, 2.05) is 48.5 Å². The molecule has 0 bridgehead atoms. The van der Waals surface area contributed by atoms with Gasteiger partial charge < -0.3 is 10.6 Å². The molecule has 0 fully saturated rings. The quantitative estimate of drug-likeness (QED) is 0.591. The van der Waals surface area contributed by atoms with Gasteiger partial charge in [-0.2, -0.15) is 0 Å². The van der Waals surface area contributed by atoms with E-state index in [0.29, 0.717) is 39.1 Å². The van der Waals surface area contributed by atoms with Crippen molar-refractivity contribution in [1.82, 2.24) is 0 Å². The summed E-state index contributed by atoms with van der Waals surface area (Å²) in [5.41, 5.74) is 2.63. The Labute approximate surface area is 179 Å². The Kier molecular flexibility index (Phi) is 4.12. The third-order valence-corrected chi connectivity index (χ3v) is 6.12. The average Bonchev–Trinajstić information content (AvgIpc) is 3.02. The highest BCUT2D eigenvalue weighted by Gasteiger charge is 2.57. The van der Waals surface area contributed by atoms with Crippen molar-refractivity contribution in [2.24, 2.45) is 0 Å². The molecule has 0 radical (unpaired) electrons. The molecular weight excluding hydrogens is 398 g/mol. The molecule has 1 atom stereocenters. The highest BCUT2D eigenvalue weighted by molar-refractivity contribution is 6.35. The first kappa shape index (κ1) is 18.7. The molecule has 5 nitrogen and oxygen atoms in total. The number of hydrogen-bond donors (Lipinski definition) is 2. The van der Waals surface area contributed by atoms with Gasteiger partial charge in [0.1, 0.15) is 0 Å². The van der Waals surface area contributed by atoms with Crippen LogP contribution in [0.4, 0.5) is 17.1 Å². The molecule has 3 aromatic rings. The maximum Gasteiger partial charge on any atom is 0.276 e. The summed E-state index contributed by atoms with van der Waals surface area (Å²) in [5.74, 6) is -0.232. The lowest BCUT2D eigenvalue weighted by molar-refractivity contribution is -0.119. The van der Waals surface area contributed by atoms with Crippen LogP contribution in [0.15, 0.2) is 66.7 Å². The van der Waals surface area contributed by atoms with Crippen molar-refractivity contribution in [3.63, 3.8) is 0 Å². The smallest absolute Gasteiger partial charge is 0.276 e. The molecule has 2 heterocycles. The van der Waals surface area contributed by atoms with Gasteiger partial charge in [0.25, 0.3) is 11.8 Å². The molecule has 0 saturated carbocycles. The second-order valence-electron chi connectivity index (χ2n) is 7.88. The van der Waals surface area contributed by atoms with Crippen LogP contribution in [-0.2, 0) is 10.5 Å². The molecule has 0 aliphatic carbocycles. The van der Waals surface area contributed by atoms with Gasteiger partial charge in [0.2, 0.25) is 5.66 Å². The van der Waals surface area contributed by atoms with Crippen molar-refractivity contribution in [3.05, 3.63) is 88.4 Å². The molecule has 30 heavy (non-hydrogen) atoms. The van der Waals surface area contributed by atoms with E-state index in [-0.39, 0.29) is 11.8 Å². The van der Waals surface area contributed by atoms with Gasteiger partial charge in [-0.3, -0.25) is 14.5 Å². The summed E-state index contributed by atoms with van der Waals surface area (Å²) in [6.45, 7) is 4.23. The van der Waals surface area contributed by atoms with Crippen molar-refractivity contribution >= 4 is 40.5 Å². The predicted octanol–water partition coefficient (Wildman–Crippen LogP) is 5.34. The highest BCUT2D eigenvalue weighted by atomic mass is 35.5. The monoisotopic (exact) mass is 417 g/mol. The van der Waals surface area contributed by atoms with Gasteiger partial charge in [-0.1, -0.05) is 61.8 Å². The lowest BCUT2D eigenvalue weighted by Gasteiger charge is -2.44. The van der Waals surface area contributed by atoms with Crippen LogP contribution in [0.5, 0.6) is 0 Å². The molecule has 3 aromatic carbocycles. The molecule has 2 amide bonds. The maximum absolute atomic E-state index is 13.7. The molecule has 0 unspecified atom stereocenters. The average molecular weight is 418 g/mol. The number of amides is 2. The molecular formula is C24H20ClN3O2. The minimum Gasteiger partial charge on any atom is -0.350 e. The van der Waals surface area contributed by atoms with E-state index in [1.165, 1.54) is 4.90 Å². The zero-order valence-corrected chi connectivity index (χ0v) is 17.3. The molecule has 2 N–H and O–H groups in total. The minimum atomic E-state index is -1.43. The van der Waals surface area contributed by atoms with Gasteiger partial charge in [-0.25, -0.2) is 0 Å². The Bertz CT molecular complexity index is 1190. The number of halogens is 1. The molecule has 6 heteroatoms. The summed E-state index contributed by atoms with van der Waals surface area (Å²) >= 11 is 6.38. The van der Waals surface area contributed by atoms with E-state index in [0.717, 1.165) is 5.56 Å². The number of carbonyl (C=O) groups excluding carboxylic acids is 2. The van der Waals surface area contributed by atoms with Crippen molar-refractivity contribution in [1.29, 1.82) is 0 Å². The van der Waals surface area contributed by atoms with Crippen LogP contribution in [0.3, 0.4) is 0 Å². The van der Waals surface area contributed by atoms with Gasteiger partial charge in [0.15, 0.2) is 0 Å². The first-order chi connectivity index (χ1) is 14.4. The zero-order valence-electron chi connectivity index (χ0n) is 16.6. The second-order valence-corrected chi connectivity index (χ2v) is 8.29. The highest BCUT2D eigenvalue weighted by Crippen LogP contribution is 2.49. The number of benzene rings is 3. The van der Waals surface area contributed by atoms with Crippen molar-refractivity contribution in [2.45, 2.75) is 25.4 Å². The number of anilines is 3. The normalized spacial score (nSPS) is 19.5. The number of hydrogen-bond acceptors (Lipinski definition) is 3. The van der Waals surface area contributed by atoms with Crippen LogP contribution in [0.1, 0.15) is 41.3 Å². The molecule has 150 valence electrons. The van der Waals surface area contributed by atoms with Crippen molar-refractivity contribution in [3.8, 4) is 0 Å². The number of nitrogens with zero attached hydrogens (tertiary/aromatic N) is 1. The van der Waals surface area contributed by atoms with Crippen LogP contribution in [0.25, 0.3) is 0 Å². The fourth-order valence-electron chi connectivity index (χ4n) is 4.25. The zero-order chi connectivity index (χ0) is 21.0. The van der Waals surface area contributed by atoms with E-state index < -0.39 is 5.66 Å². The first-order valence-corrected chi connectivity index (χ1v) is 10.2. The number of nitrogens with one attached hydrogen (secondary N) is 2. The van der Waals surface area contributed by atoms with Gasteiger partial charge in [-0.05, 0) is 41.8 Å². The number of fused-ring (bicyclic) bond motifs is 3. The lowest BCUT2D eigenvalue weighted by Crippen LogP contribution is -2.61. The van der Waals surface area contributed by atoms with Crippen LogP contribution < -0.4 is 15.5 Å². The summed E-state index contributed by atoms with van der Waals surface area (Å²) in [6.07, 6.45) is 0. The maximum atomic E-state index is 13.7. The first-order valence-electron chi connectivity index (χ1n) is 9.85. The summed E-state index contributed by atoms with van der Waals surface area (Å²) in [7, 11) is 0. The third-order valence-electron chi connectivity index (χ3n) is 5.80. The van der Waals surface area contributed by atoms with Gasteiger partial charge in [0, 0.05) is 16.9 Å². The number of para-hydroxylation sites is 2. The Hall–Kier alpha value is -3.31. The summed E-state index contributed by atoms with van der Waals surface area (Å²) in [6, 6.07) is 20.3. The van der Waals surface area contributed by atoms with Gasteiger partial charge in [0.05, 0.1) is 16.3 Å². The molecule has 0 aromatic heterocycles. The van der Waals surface area contributed by atoms with E-state index in [9.17, 15) is 9.59 Å². The van der Waals surface area contributed by atoms with E-state index in [2.05, 4.69) is 24.5 Å². The molecule has 1 spiro atoms. The summed E-state index contributed by atoms with van der Waals surface area (Å²) < 4.78 is 0. The third kappa shape index (κ3) is 2.48. The van der Waals surface area contributed by atoms with Crippen LogP contribution >= 0.6 is 11.6 Å². The van der Waals surface area contributed by atoms with Crippen molar-refractivity contribution < 1.29 is 9.59 Å². The van der Waals surface area contributed by atoms with E-state index in [4.69, 9.17) is 11.6 Å². The molecule has 2 aliphatic heterocycles. The topological polar surface area (TPSA) is 61.4 Å². The Morgan fingerprint density at radius 3 is 2.40 bits per heavy atom. The van der Waals surface area contributed by atoms with Crippen LogP contribution in [-0.4, -0.2) is 11.8 Å². The minimum absolute atomic E-state index is 0.246. The Balaban J connectivity index is 1.77. The Morgan fingerprint density at radius 1 is 0.933 bits per heavy atom. The molecule has 5 rings (SSSR count). The van der Waals surface area contributed by atoms with Crippen LogP contribution in [0, 0.1) is 0 Å². The lowest BCUT2D eigenvalue weighted by atomic mass is 9.92. The van der Waals surface area contributed by atoms with Gasteiger partial charge in [-0.15, -0.1) is 0 Å². The number of carbonyl (C=O) groups is 2. The second kappa shape index (κ2) is 6.61. The fourth-order valence-corrected chi connectivity index (χ4v) is 4.47. The molecule has 0 saturated heterocycles. The van der Waals surface area contributed by atoms with E-state index in [1.54, 1.807) is 18.2 Å². The predicted molar refractivity (Wildman–Crippen MR) is 119 cm³/mol. The summed E-state index contributed by atoms with van der Waals surface area (Å²) in [4.78, 5) is 28.7. The van der Waals surface area contributed by atoms with Crippen LogP contribution in [0.2, 0.25) is 5.02 Å². The molecule has 2 aliphatic rings. The van der Waals surface area contributed by atoms with Crippen molar-refractivity contribution in [2.75, 3.05) is 15.5 Å². The SMILES string of the molecule is CC(C)c1ccc(N2C(=O)c3ccccc3N[C@]23C(=O)Nc2c(Cl)cccc23)cc1.